The van der Waals surface area contributed by atoms with Crippen LogP contribution in [-0.2, 0) is 4.74 Å². The molecule has 0 bridgehead atoms. The molecular weight excluding hydrogens is 258 g/mol. The van der Waals surface area contributed by atoms with Gasteiger partial charge >= 0.3 is 0 Å². The van der Waals surface area contributed by atoms with E-state index in [9.17, 15) is 10.2 Å². The zero-order chi connectivity index (χ0) is 15.3. The zero-order valence-electron chi connectivity index (χ0n) is 13.4. The van der Waals surface area contributed by atoms with E-state index in [1.165, 1.54) is 0 Å². The molecule has 0 spiro atoms. The third-order valence-electron chi connectivity index (χ3n) is 3.78. The molecule has 0 aromatic carbocycles. The Morgan fingerprint density at radius 3 is 2.30 bits per heavy atom. The van der Waals surface area contributed by atoms with Gasteiger partial charge in [0.2, 0.25) is 0 Å². The van der Waals surface area contributed by atoms with E-state index >= 15 is 0 Å². The number of rotatable bonds is 8. The Labute approximate surface area is 122 Å². The second-order valence-electron chi connectivity index (χ2n) is 6.22. The van der Waals surface area contributed by atoms with E-state index in [0.717, 1.165) is 13.1 Å². The molecule has 0 aliphatic carbocycles. The fourth-order valence-electron chi connectivity index (χ4n) is 2.55. The summed E-state index contributed by atoms with van der Waals surface area (Å²) in [5.74, 6) is 0. The maximum Gasteiger partial charge on any atom is 0.109 e. The highest BCUT2D eigenvalue weighted by molar-refractivity contribution is 4.97. The lowest BCUT2D eigenvalue weighted by atomic mass is 10.0. The van der Waals surface area contributed by atoms with E-state index < -0.39 is 12.2 Å². The molecule has 1 aliphatic heterocycles. The van der Waals surface area contributed by atoms with Crippen LogP contribution in [0.25, 0.3) is 0 Å². The van der Waals surface area contributed by atoms with Gasteiger partial charge < -0.3 is 25.2 Å². The van der Waals surface area contributed by atoms with Gasteiger partial charge in [0.05, 0.1) is 18.8 Å². The highest BCUT2D eigenvalue weighted by Gasteiger charge is 2.44. The van der Waals surface area contributed by atoms with Crippen molar-refractivity contribution < 1.29 is 14.9 Å². The lowest BCUT2D eigenvalue weighted by molar-refractivity contribution is -0.0216. The summed E-state index contributed by atoms with van der Waals surface area (Å²) in [7, 11) is 6.07. The summed E-state index contributed by atoms with van der Waals surface area (Å²) in [5, 5.41) is 23.0. The minimum Gasteiger partial charge on any atom is -0.394 e. The van der Waals surface area contributed by atoms with Crippen LogP contribution >= 0.6 is 0 Å². The van der Waals surface area contributed by atoms with Crippen molar-refractivity contribution in [2.45, 2.75) is 44.2 Å². The van der Waals surface area contributed by atoms with Crippen molar-refractivity contribution in [1.82, 2.24) is 15.1 Å². The van der Waals surface area contributed by atoms with Crippen molar-refractivity contribution in [3.63, 3.8) is 0 Å². The summed E-state index contributed by atoms with van der Waals surface area (Å²) in [5.41, 5.74) is 0. The molecule has 1 aliphatic rings. The Bertz CT molecular complexity index is 276. The lowest BCUT2D eigenvalue weighted by Crippen LogP contribution is -2.51. The predicted octanol–water partition coefficient (Wildman–Crippen LogP) is -1.03. The first-order valence-electron chi connectivity index (χ1n) is 7.39. The van der Waals surface area contributed by atoms with Crippen LogP contribution in [0.2, 0.25) is 0 Å². The molecule has 1 saturated heterocycles. The van der Waals surface area contributed by atoms with E-state index in [1.807, 2.05) is 21.1 Å². The topological polar surface area (TPSA) is 68.2 Å². The van der Waals surface area contributed by atoms with Gasteiger partial charge in [0.1, 0.15) is 12.2 Å². The largest absolute Gasteiger partial charge is 0.394 e. The molecule has 0 saturated carbocycles. The number of ether oxygens (including phenoxy) is 1. The smallest absolute Gasteiger partial charge is 0.109 e. The minimum absolute atomic E-state index is 0.0849. The maximum atomic E-state index is 10.4. The first-order valence-corrected chi connectivity index (χ1v) is 7.39. The monoisotopic (exact) mass is 289 g/mol. The number of aliphatic hydroxyl groups excluding tert-OH is 2. The molecule has 0 radical (unpaired) electrons. The zero-order valence-corrected chi connectivity index (χ0v) is 13.4. The molecule has 0 aromatic heterocycles. The van der Waals surface area contributed by atoms with Crippen molar-refractivity contribution >= 4 is 0 Å². The number of hydrogen-bond acceptors (Lipinski definition) is 6. The molecule has 0 amide bonds. The normalized spacial score (nSPS) is 30.9. The predicted molar refractivity (Wildman–Crippen MR) is 79.9 cm³/mol. The highest BCUT2D eigenvalue weighted by atomic mass is 16.5. The average molecular weight is 289 g/mol. The highest BCUT2D eigenvalue weighted by Crippen LogP contribution is 2.24. The molecule has 6 heteroatoms. The molecule has 1 rings (SSSR count). The number of likely N-dealkylation sites (N-methyl/N-ethyl adjacent to an activating group) is 2. The van der Waals surface area contributed by atoms with Gasteiger partial charge in [0, 0.05) is 25.7 Å². The van der Waals surface area contributed by atoms with Gasteiger partial charge in [-0.05, 0) is 21.1 Å². The second kappa shape index (κ2) is 8.26. The van der Waals surface area contributed by atoms with Gasteiger partial charge in [0.25, 0.3) is 0 Å². The standard InChI is InChI=1S/C14H31N3O3/c1-10(2)15-8-11-13(14(19)12(9-18)20-11)17(5)7-6-16(3)4/h10-15,18-19H,6-9H2,1-5H3. The summed E-state index contributed by atoms with van der Waals surface area (Å²) >= 11 is 0. The third kappa shape index (κ3) is 4.95. The lowest BCUT2D eigenvalue weighted by Gasteiger charge is -2.31. The van der Waals surface area contributed by atoms with Crippen LogP contribution in [0.1, 0.15) is 13.8 Å². The van der Waals surface area contributed by atoms with Crippen LogP contribution in [0, 0.1) is 0 Å². The van der Waals surface area contributed by atoms with Gasteiger partial charge in [-0.1, -0.05) is 13.8 Å². The molecule has 4 unspecified atom stereocenters. The molecule has 1 fully saturated rings. The Morgan fingerprint density at radius 2 is 1.80 bits per heavy atom. The summed E-state index contributed by atoms with van der Waals surface area (Å²) in [6.45, 7) is 6.49. The van der Waals surface area contributed by atoms with Gasteiger partial charge in [-0.3, -0.25) is 4.90 Å². The number of nitrogens with zero attached hydrogens (tertiary/aromatic N) is 2. The van der Waals surface area contributed by atoms with Crippen LogP contribution < -0.4 is 5.32 Å². The Hall–Kier alpha value is -0.240. The van der Waals surface area contributed by atoms with Gasteiger partial charge in [0.15, 0.2) is 0 Å². The van der Waals surface area contributed by atoms with E-state index in [-0.39, 0.29) is 18.8 Å². The van der Waals surface area contributed by atoms with Crippen molar-refractivity contribution in [1.29, 1.82) is 0 Å². The summed E-state index contributed by atoms with van der Waals surface area (Å²) in [6, 6.07) is 0.287. The van der Waals surface area contributed by atoms with E-state index in [2.05, 4.69) is 29.0 Å². The molecule has 1 heterocycles. The van der Waals surface area contributed by atoms with E-state index in [1.54, 1.807) is 0 Å². The van der Waals surface area contributed by atoms with Crippen LogP contribution in [0.4, 0.5) is 0 Å². The SMILES string of the molecule is CC(C)NCC1OC(CO)C(O)C1N(C)CCN(C)C. The van der Waals surface area contributed by atoms with Crippen LogP contribution in [-0.4, -0.2) is 97.8 Å². The van der Waals surface area contributed by atoms with Crippen molar-refractivity contribution in [2.75, 3.05) is 47.4 Å². The molecule has 3 N–H and O–H groups in total. The summed E-state index contributed by atoms with van der Waals surface area (Å²) in [6.07, 6.45) is -1.23. The van der Waals surface area contributed by atoms with Gasteiger partial charge in [-0.15, -0.1) is 0 Å². The fraction of sp³-hybridized carbons (Fsp3) is 1.00. The maximum absolute atomic E-state index is 10.4. The van der Waals surface area contributed by atoms with Gasteiger partial charge in [-0.25, -0.2) is 0 Å². The second-order valence-corrected chi connectivity index (χ2v) is 6.22. The molecule has 6 nitrogen and oxygen atoms in total. The average Bonchev–Trinajstić information content (AvgIpc) is 2.69. The van der Waals surface area contributed by atoms with Crippen LogP contribution in [0.5, 0.6) is 0 Å². The van der Waals surface area contributed by atoms with Gasteiger partial charge in [-0.2, -0.15) is 0 Å². The minimum atomic E-state index is -0.647. The molecule has 20 heavy (non-hydrogen) atoms. The quantitative estimate of drug-likeness (QED) is 0.531. The number of aliphatic hydroxyl groups is 2. The Kier molecular flexibility index (Phi) is 7.36. The number of nitrogens with one attached hydrogen (secondary N) is 1. The van der Waals surface area contributed by atoms with Crippen LogP contribution in [0.3, 0.4) is 0 Å². The van der Waals surface area contributed by atoms with Crippen molar-refractivity contribution in [2.24, 2.45) is 0 Å². The molecular formula is C14H31N3O3. The molecule has 120 valence electrons. The Morgan fingerprint density at radius 1 is 1.15 bits per heavy atom. The summed E-state index contributed by atoms with van der Waals surface area (Å²) < 4.78 is 5.80. The van der Waals surface area contributed by atoms with Crippen LogP contribution in [0.15, 0.2) is 0 Å². The Balaban J connectivity index is 2.64. The van der Waals surface area contributed by atoms with E-state index in [0.29, 0.717) is 12.6 Å². The first kappa shape index (κ1) is 17.8. The van der Waals surface area contributed by atoms with Crippen molar-refractivity contribution in [3.05, 3.63) is 0 Å². The molecule has 4 atom stereocenters. The number of hydrogen-bond donors (Lipinski definition) is 3. The third-order valence-corrected chi connectivity index (χ3v) is 3.78. The molecule has 0 aromatic rings. The van der Waals surface area contributed by atoms with E-state index in [4.69, 9.17) is 4.74 Å². The first-order chi connectivity index (χ1) is 9.36. The fourth-order valence-corrected chi connectivity index (χ4v) is 2.55. The summed E-state index contributed by atoms with van der Waals surface area (Å²) in [4.78, 5) is 4.25. The van der Waals surface area contributed by atoms with Crippen molar-refractivity contribution in [3.8, 4) is 0 Å².